The first-order valence-corrected chi connectivity index (χ1v) is 14.9. The molecule has 0 saturated carbocycles. The average molecular weight is 591 g/mol. The molecule has 0 bridgehead atoms. The average Bonchev–Trinajstić information content (AvgIpc) is 3.61. The third kappa shape index (κ3) is 5.79. The number of benzene rings is 3. The largest absolute Gasteiger partial charge is 0.485 e. The Morgan fingerprint density at radius 1 is 0.884 bits per heavy atom. The van der Waals surface area contributed by atoms with Crippen molar-refractivity contribution in [2.24, 2.45) is 7.05 Å². The van der Waals surface area contributed by atoms with Crippen molar-refractivity contribution in [3.05, 3.63) is 135 Å². The van der Waals surface area contributed by atoms with E-state index in [1.165, 1.54) is 6.07 Å². The first-order chi connectivity index (χ1) is 20.9. The number of thiophene rings is 1. The fraction of sp³-hybridized carbons (Fsp3) is 0.171. The van der Waals surface area contributed by atoms with Gasteiger partial charge in [0.05, 0.1) is 22.5 Å². The Morgan fingerprint density at radius 3 is 2.30 bits per heavy atom. The smallest absolute Gasteiger partial charge is 0.262 e. The van der Waals surface area contributed by atoms with E-state index in [-0.39, 0.29) is 17.9 Å². The molecule has 0 aliphatic heterocycles. The molecule has 216 valence electrons. The Morgan fingerprint density at radius 2 is 1.60 bits per heavy atom. The van der Waals surface area contributed by atoms with E-state index in [1.807, 2.05) is 98.4 Å². The minimum Gasteiger partial charge on any atom is -0.485 e. The van der Waals surface area contributed by atoms with Gasteiger partial charge in [0.15, 0.2) is 11.6 Å². The zero-order valence-electron chi connectivity index (χ0n) is 24.3. The van der Waals surface area contributed by atoms with Crippen LogP contribution in [0.2, 0.25) is 0 Å². The molecule has 0 amide bonds. The van der Waals surface area contributed by atoms with E-state index in [0.717, 1.165) is 32.1 Å². The molecule has 6 rings (SSSR count). The number of rotatable bonds is 9. The van der Waals surface area contributed by atoms with Crippen molar-refractivity contribution in [1.29, 1.82) is 0 Å². The number of ether oxygens (including phenoxy) is 1. The molecule has 0 aliphatic rings. The molecule has 8 heteroatoms. The predicted octanol–water partition coefficient (Wildman–Crippen LogP) is 7.62. The topological polar surface area (TPSA) is 61.9 Å². The second kappa shape index (κ2) is 12.2. The number of nitrogens with zero attached hydrogens (tertiary/aromatic N) is 4. The Balaban J connectivity index is 1.48. The molecule has 0 fully saturated rings. The zero-order chi connectivity index (χ0) is 29.9. The molecule has 6 aromatic rings. The molecule has 3 aromatic carbocycles. The number of aryl methyl sites for hydroxylation is 4. The summed E-state index contributed by atoms with van der Waals surface area (Å²) in [4.78, 5) is 21.3. The Bertz CT molecular complexity index is 1940. The highest BCUT2D eigenvalue weighted by Gasteiger charge is 2.23. The van der Waals surface area contributed by atoms with Crippen molar-refractivity contribution in [3.63, 3.8) is 0 Å². The fourth-order valence-corrected chi connectivity index (χ4v) is 6.42. The Hall–Kier alpha value is -4.82. The van der Waals surface area contributed by atoms with Gasteiger partial charge >= 0.3 is 0 Å². The fourth-order valence-electron chi connectivity index (χ4n) is 5.30. The van der Waals surface area contributed by atoms with Gasteiger partial charge in [-0.3, -0.25) is 14.0 Å². The van der Waals surface area contributed by atoms with Crippen LogP contribution in [0.3, 0.4) is 0 Å². The highest BCUT2D eigenvalue weighted by molar-refractivity contribution is 7.16. The molecule has 3 aromatic heterocycles. The number of hydrogen-bond donors (Lipinski definition) is 0. The summed E-state index contributed by atoms with van der Waals surface area (Å²) < 4.78 is 24.9. The van der Waals surface area contributed by atoms with Gasteiger partial charge in [-0.25, -0.2) is 9.37 Å². The summed E-state index contributed by atoms with van der Waals surface area (Å²) in [5, 5.41) is 4.31. The van der Waals surface area contributed by atoms with Gasteiger partial charge < -0.3 is 4.74 Å². The third-order valence-electron chi connectivity index (χ3n) is 7.51. The van der Waals surface area contributed by atoms with E-state index in [9.17, 15) is 4.79 Å². The first-order valence-electron chi connectivity index (χ1n) is 14.1. The predicted molar refractivity (Wildman–Crippen MR) is 170 cm³/mol. The van der Waals surface area contributed by atoms with Crippen LogP contribution in [0.1, 0.15) is 21.7 Å². The molecule has 0 aliphatic carbocycles. The molecule has 6 nitrogen and oxygen atoms in total. The van der Waals surface area contributed by atoms with E-state index < -0.39 is 5.82 Å². The van der Waals surface area contributed by atoms with Gasteiger partial charge in [0.25, 0.3) is 5.56 Å². The zero-order valence-corrected chi connectivity index (χ0v) is 25.1. The summed E-state index contributed by atoms with van der Waals surface area (Å²) >= 11 is 1.56. The molecule has 0 radical (unpaired) electrons. The van der Waals surface area contributed by atoms with Crippen molar-refractivity contribution < 1.29 is 9.13 Å². The molecule has 3 heterocycles. The molecule has 0 spiro atoms. The number of hydrogen-bond acceptors (Lipinski definition) is 5. The van der Waals surface area contributed by atoms with Crippen LogP contribution >= 0.6 is 11.3 Å². The van der Waals surface area contributed by atoms with E-state index in [0.29, 0.717) is 35.6 Å². The van der Waals surface area contributed by atoms with Crippen LogP contribution < -0.4 is 10.3 Å². The van der Waals surface area contributed by atoms with Gasteiger partial charge in [-0.2, -0.15) is 5.10 Å². The van der Waals surface area contributed by atoms with Gasteiger partial charge in [0.2, 0.25) is 0 Å². The molecule has 0 unspecified atom stereocenters. The summed E-state index contributed by atoms with van der Waals surface area (Å²) in [6.07, 6.45) is 2.37. The van der Waals surface area contributed by atoms with Crippen LogP contribution in [0.4, 0.5) is 4.39 Å². The number of halogens is 1. The van der Waals surface area contributed by atoms with Gasteiger partial charge in [-0.1, -0.05) is 66.7 Å². The lowest BCUT2D eigenvalue weighted by molar-refractivity contribution is 0.291. The van der Waals surface area contributed by atoms with Crippen LogP contribution in [0.15, 0.2) is 102 Å². The standard InChI is InChI=1S/C35H31FN4O2S/c1-23-32(31-21-28(24(2)43-31)30-17-19-37-39(30)3)35(41)40(20-18-25-11-6-4-7-12-25)34(38-23)27-15-10-16-29(36)33(27)42-22-26-13-8-5-9-14-26/h4-17,19,21H,18,20,22H2,1-3H3. The summed E-state index contributed by atoms with van der Waals surface area (Å²) in [6.45, 7) is 4.44. The highest BCUT2D eigenvalue weighted by Crippen LogP contribution is 2.38. The van der Waals surface area contributed by atoms with E-state index in [2.05, 4.69) is 5.10 Å². The van der Waals surface area contributed by atoms with Crippen molar-refractivity contribution in [2.45, 2.75) is 33.4 Å². The van der Waals surface area contributed by atoms with Gasteiger partial charge in [-0.05, 0) is 55.7 Å². The normalized spacial score (nSPS) is 11.2. The van der Waals surface area contributed by atoms with Crippen molar-refractivity contribution >= 4 is 11.3 Å². The molecule has 0 N–H and O–H groups in total. The Kier molecular flexibility index (Phi) is 8.03. The molecule has 43 heavy (non-hydrogen) atoms. The quantitative estimate of drug-likeness (QED) is 0.174. The summed E-state index contributed by atoms with van der Waals surface area (Å²) in [5.41, 5.74) is 5.39. The van der Waals surface area contributed by atoms with Crippen LogP contribution in [-0.4, -0.2) is 19.3 Å². The molecular formula is C35H31FN4O2S. The summed E-state index contributed by atoms with van der Waals surface area (Å²) in [7, 11) is 1.90. The number of aromatic nitrogens is 4. The Labute approximate surface area is 253 Å². The first kappa shape index (κ1) is 28.3. The van der Waals surface area contributed by atoms with E-state index >= 15 is 4.39 Å². The summed E-state index contributed by atoms with van der Waals surface area (Å²) in [5.74, 6) is -0.0528. The molecular weight excluding hydrogens is 559 g/mol. The van der Waals surface area contributed by atoms with Crippen LogP contribution in [0.5, 0.6) is 5.75 Å². The van der Waals surface area contributed by atoms with Crippen LogP contribution in [0, 0.1) is 19.7 Å². The summed E-state index contributed by atoms with van der Waals surface area (Å²) in [6, 6.07) is 28.4. The van der Waals surface area contributed by atoms with Crippen molar-refractivity contribution in [2.75, 3.05) is 0 Å². The maximum atomic E-state index is 15.3. The molecule has 0 saturated heterocycles. The minimum atomic E-state index is -0.506. The lowest BCUT2D eigenvalue weighted by Crippen LogP contribution is -2.27. The highest BCUT2D eigenvalue weighted by atomic mass is 32.1. The second-order valence-corrected chi connectivity index (χ2v) is 11.7. The molecule has 0 atom stereocenters. The maximum absolute atomic E-state index is 15.3. The van der Waals surface area contributed by atoms with Crippen molar-refractivity contribution in [3.8, 4) is 38.8 Å². The SMILES string of the molecule is Cc1nc(-c2cccc(F)c2OCc2ccccc2)n(CCc2ccccc2)c(=O)c1-c1cc(-c2ccnn2C)c(C)s1. The number of para-hydroxylation sites is 1. The van der Waals surface area contributed by atoms with E-state index in [1.54, 1.807) is 34.2 Å². The van der Waals surface area contributed by atoms with Crippen LogP contribution in [0.25, 0.3) is 33.1 Å². The van der Waals surface area contributed by atoms with Crippen molar-refractivity contribution in [1.82, 2.24) is 19.3 Å². The van der Waals surface area contributed by atoms with E-state index in [4.69, 9.17) is 9.72 Å². The van der Waals surface area contributed by atoms with Gasteiger partial charge in [-0.15, -0.1) is 11.3 Å². The van der Waals surface area contributed by atoms with Crippen LogP contribution in [-0.2, 0) is 26.6 Å². The lowest BCUT2D eigenvalue weighted by Gasteiger charge is -2.18. The lowest BCUT2D eigenvalue weighted by atomic mass is 10.1. The van der Waals surface area contributed by atoms with Gasteiger partial charge in [0.1, 0.15) is 12.4 Å². The maximum Gasteiger partial charge on any atom is 0.262 e. The minimum absolute atomic E-state index is 0.0735. The van der Waals surface area contributed by atoms with Gasteiger partial charge in [0, 0.05) is 35.1 Å². The second-order valence-electron chi connectivity index (χ2n) is 10.4. The monoisotopic (exact) mass is 590 g/mol. The third-order valence-corrected chi connectivity index (χ3v) is 8.58.